The fourth-order valence-corrected chi connectivity index (χ4v) is 1.36. The zero-order chi connectivity index (χ0) is 11.3. The van der Waals surface area contributed by atoms with Crippen molar-refractivity contribution in [2.75, 3.05) is 20.1 Å². The standard InChI is InChI=1S/C10H17N3O2/c1-7-9(8(2)15-13-7)10(14)12-6-4-5-11-3/h11H,4-6H2,1-3H3,(H,12,14). The third kappa shape index (κ3) is 3.06. The molecular weight excluding hydrogens is 194 g/mol. The van der Waals surface area contributed by atoms with Crippen molar-refractivity contribution in [1.82, 2.24) is 15.8 Å². The molecule has 2 N–H and O–H groups in total. The lowest BCUT2D eigenvalue weighted by atomic mass is 10.2. The smallest absolute Gasteiger partial charge is 0.256 e. The average Bonchev–Trinajstić information content (AvgIpc) is 2.53. The van der Waals surface area contributed by atoms with Gasteiger partial charge in [0.2, 0.25) is 0 Å². The van der Waals surface area contributed by atoms with Gasteiger partial charge >= 0.3 is 0 Å². The van der Waals surface area contributed by atoms with Gasteiger partial charge in [-0.05, 0) is 33.9 Å². The summed E-state index contributed by atoms with van der Waals surface area (Å²) in [4.78, 5) is 11.7. The maximum Gasteiger partial charge on any atom is 0.256 e. The molecule has 0 atom stereocenters. The highest BCUT2D eigenvalue weighted by Crippen LogP contribution is 2.11. The lowest BCUT2D eigenvalue weighted by molar-refractivity contribution is 0.0951. The van der Waals surface area contributed by atoms with Crippen molar-refractivity contribution in [3.8, 4) is 0 Å². The molecule has 0 saturated heterocycles. The molecule has 1 aromatic rings. The molecule has 0 aliphatic rings. The van der Waals surface area contributed by atoms with E-state index in [4.69, 9.17) is 4.52 Å². The van der Waals surface area contributed by atoms with Gasteiger partial charge in [0.05, 0.1) is 5.69 Å². The third-order valence-electron chi connectivity index (χ3n) is 2.15. The van der Waals surface area contributed by atoms with Crippen LogP contribution >= 0.6 is 0 Å². The second-order valence-electron chi connectivity index (χ2n) is 3.41. The van der Waals surface area contributed by atoms with Crippen molar-refractivity contribution in [2.24, 2.45) is 0 Å². The topological polar surface area (TPSA) is 67.2 Å². The Balaban J connectivity index is 2.47. The largest absolute Gasteiger partial charge is 0.361 e. The molecule has 0 aliphatic heterocycles. The molecule has 0 unspecified atom stereocenters. The van der Waals surface area contributed by atoms with Gasteiger partial charge in [-0.15, -0.1) is 0 Å². The van der Waals surface area contributed by atoms with E-state index in [0.29, 0.717) is 23.6 Å². The maximum absolute atomic E-state index is 11.7. The van der Waals surface area contributed by atoms with E-state index < -0.39 is 0 Å². The Labute approximate surface area is 89.2 Å². The van der Waals surface area contributed by atoms with Crippen LogP contribution < -0.4 is 10.6 Å². The molecule has 84 valence electrons. The van der Waals surface area contributed by atoms with Crippen molar-refractivity contribution in [3.63, 3.8) is 0 Å². The Morgan fingerprint density at radius 1 is 1.40 bits per heavy atom. The second-order valence-corrected chi connectivity index (χ2v) is 3.41. The fraction of sp³-hybridized carbons (Fsp3) is 0.600. The van der Waals surface area contributed by atoms with Crippen molar-refractivity contribution in [2.45, 2.75) is 20.3 Å². The first-order valence-corrected chi connectivity index (χ1v) is 5.02. The summed E-state index contributed by atoms with van der Waals surface area (Å²) in [6, 6.07) is 0. The summed E-state index contributed by atoms with van der Waals surface area (Å²) >= 11 is 0. The number of amides is 1. The monoisotopic (exact) mass is 211 g/mol. The Kier molecular flexibility index (Phi) is 4.30. The summed E-state index contributed by atoms with van der Waals surface area (Å²) in [5.41, 5.74) is 1.19. The highest BCUT2D eigenvalue weighted by atomic mass is 16.5. The van der Waals surface area contributed by atoms with Crippen LogP contribution in [0.15, 0.2) is 4.52 Å². The molecule has 15 heavy (non-hydrogen) atoms. The van der Waals surface area contributed by atoms with E-state index in [1.165, 1.54) is 0 Å². The summed E-state index contributed by atoms with van der Waals surface area (Å²) in [7, 11) is 1.89. The molecule has 0 saturated carbocycles. The first kappa shape index (κ1) is 11.7. The molecule has 1 rings (SSSR count). The van der Waals surface area contributed by atoms with Gasteiger partial charge in [-0.3, -0.25) is 4.79 Å². The van der Waals surface area contributed by atoms with E-state index in [0.717, 1.165) is 13.0 Å². The van der Waals surface area contributed by atoms with Gasteiger partial charge in [0.1, 0.15) is 11.3 Å². The third-order valence-corrected chi connectivity index (χ3v) is 2.15. The Morgan fingerprint density at radius 3 is 2.67 bits per heavy atom. The van der Waals surface area contributed by atoms with Crippen molar-refractivity contribution in [3.05, 3.63) is 17.0 Å². The highest BCUT2D eigenvalue weighted by molar-refractivity contribution is 5.96. The number of rotatable bonds is 5. The predicted molar refractivity (Wildman–Crippen MR) is 56.9 cm³/mol. The molecule has 0 spiro atoms. The maximum atomic E-state index is 11.7. The first-order valence-electron chi connectivity index (χ1n) is 5.02. The van der Waals surface area contributed by atoms with Crippen LogP contribution in [-0.4, -0.2) is 31.2 Å². The van der Waals surface area contributed by atoms with Gasteiger partial charge in [-0.25, -0.2) is 0 Å². The van der Waals surface area contributed by atoms with Crippen LogP contribution in [0.4, 0.5) is 0 Å². The quantitative estimate of drug-likeness (QED) is 0.701. The molecule has 1 heterocycles. The second kappa shape index (κ2) is 5.50. The molecule has 0 radical (unpaired) electrons. The highest BCUT2D eigenvalue weighted by Gasteiger charge is 2.16. The average molecular weight is 211 g/mol. The van der Waals surface area contributed by atoms with Crippen molar-refractivity contribution < 1.29 is 9.32 Å². The minimum atomic E-state index is -0.109. The normalized spacial score (nSPS) is 10.3. The zero-order valence-corrected chi connectivity index (χ0v) is 9.39. The van der Waals surface area contributed by atoms with Gasteiger partial charge in [0.15, 0.2) is 0 Å². The lowest BCUT2D eigenvalue weighted by Crippen LogP contribution is -2.27. The molecule has 0 fully saturated rings. The number of hydrogen-bond donors (Lipinski definition) is 2. The van der Waals surface area contributed by atoms with Gasteiger partial charge in [-0.2, -0.15) is 0 Å². The Morgan fingerprint density at radius 2 is 2.13 bits per heavy atom. The number of aryl methyl sites for hydroxylation is 2. The lowest BCUT2D eigenvalue weighted by Gasteiger charge is -2.03. The molecule has 5 heteroatoms. The summed E-state index contributed by atoms with van der Waals surface area (Å²) in [5.74, 6) is 0.459. The molecule has 0 aliphatic carbocycles. The van der Waals surface area contributed by atoms with E-state index in [9.17, 15) is 4.79 Å². The summed E-state index contributed by atoms with van der Waals surface area (Å²) < 4.78 is 4.92. The Bertz CT molecular complexity index is 314. The summed E-state index contributed by atoms with van der Waals surface area (Å²) in [6.07, 6.45) is 0.908. The predicted octanol–water partition coefficient (Wildman–Crippen LogP) is 0.631. The number of hydrogen-bond acceptors (Lipinski definition) is 4. The number of nitrogens with one attached hydrogen (secondary N) is 2. The van der Waals surface area contributed by atoms with Crippen molar-refractivity contribution >= 4 is 5.91 Å². The number of carbonyl (C=O) groups is 1. The number of carbonyl (C=O) groups excluding carboxylic acids is 1. The first-order chi connectivity index (χ1) is 7.16. The van der Waals surface area contributed by atoms with Gasteiger partial charge in [0, 0.05) is 6.54 Å². The van der Waals surface area contributed by atoms with Crippen molar-refractivity contribution in [1.29, 1.82) is 0 Å². The van der Waals surface area contributed by atoms with Crippen LogP contribution in [0.5, 0.6) is 0 Å². The van der Waals surface area contributed by atoms with E-state index >= 15 is 0 Å². The molecule has 0 aromatic carbocycles. The summed E-state index contributed by atoms with van der Waals surface area (Å²) in [6.45, 7) is 5.05. The minimum Gasteiger partial charge on any atom is -0.361 e. The molecule has 0 bridgehead atoms. The van der Waals surface area contributed by atoms with Crippen LogP contribution in [0.25, 0.3) is 0 Å². The SMILES string of the molecule is CNCCCNC(=O)c1c(C)noc1C. The number of nitrogens with zero attached hydrogens (tertiary/aromatic N) is 1. The van der Waals surface area contributed by atoms with Crippen LogP contribution in [0.2, 0.25) is 0 Å². The zero-order valence-electron chi connectivity index (χ0n) is 9.39. The van der Waals surface area contributed by atoms with Crippen LogP contribution in [0.3, 0.4) is 0 Å². The number of aromatic nitrogens is 1. The molecular formula is C10H17N3O2. The van der Waals surface area contributed by atoms with Gasteiger partial charge < -0.3 is 15.2 Å². The molecule has 1 amide bonds. The van der Waals surface area contributed by atoms with E-state index in [-0.39, 0.29) is 5.91 Å². The van der Waals surface area contributed by atoms with Gasteiger partial charge in [0.25, 0.3) is 5.91 Å². The fourth-order valence-electron chi connectivity index (χ4n) is 1.36. The van der Waals surface area contributed by atoms with Crippen LogP contribution in [-0.2, 0) is 0 Å². The minimum absolute atomic E-state index is 0.109. The molecule has 5 nitrogen and oxygen atoms in total. The van der Waals surface area contributed by atoms with E-state index in [1.807, 2.05) is 7.05 Å². The van der Waals surface area contributed by atoms with Crippen LogP contribution in [0.1, 0.15) is 28.2 Å². The van der Waals surface area contributed by atoms with Crippen LogP contribution in [0, 0.1) is 13.8 Å². The molecule has 1 aromatic heterocycles. The Hall–Kier alpha value is -1.36. The van der Waals surface area contributed by atoms with E-state index in [1.54, 1.807) is 13.8 Å². The summed E-state index contributed by atoms with van der Waals surface area (Å²) in [5, 5.41) is 9.57. The van der Waals surface area contributed by atoms with Gasteiger partial charge in [-0.1, -0.05) is 5.16 Å². The van der Waals surface area contributed by atoms with E-state index in [2.05, 4.69) is 15.8 Å².